The van der Waals surface area contributed by atoms with Crippen LogP contribution >= 0.6 is 0 Å². The van der Waals surface area contributed by atoms with Crippen LogP contribution in [-0.4, -0.2) is 0 Å². The van der Waals surface area contributed by atoms with Gasteiger partial charge in [-0.05, 0) is 95.7 Å². The molecule has 0 fully saturated rings. The maximum absolute atomic E-state index is 6.84. The Labute approximate surface area is 320 Å². The maximum Gasteiger partial charge on any atom is 0.132 e. The van der Waals surface area contributed by atoms with E-state index in [1.165, 1.54) is 88.7 Å². The molecule has 9 aromatic carbocycles. The minimum absolute atomic E-state index is 0.537. The Bertz CT molecular complexity index is 2980. The second-order valence-corrected chi connectivity index (χ2v) is 15.1. The first kappa shape index (κ1) is 30.5. The van der Waals surface area contributed by atoms with Crippen LogP contribution in [0.25, 0.3) is 44.2 Å². The fourth-order valence-electron chi connectivity index (χ4n) is 10.6. The molecular weight excluding hydrogens is 665 g/mol. The summed E-state index contributed by atoms with van der Waals surface area (Å²) in [5.74, 6) is 1.80. The van der Waals surface area contributed by atoms with E-state index in [9.17, 15) is 0 Å². The fourth-order valence-corrected chi connectivity index (χ4v) is 10.6. The number of hydrogen-bond acceptors (Lipinski definition) is 1. The summed E-state index contributed by atoms with van der Waals surface area (Å²) < 4.78 is 6.84. The lowest BCUT2D eigenvalue weighted by atomic mass is 9.64. The van der Waals surface area contributed by atoms with Crippen molar-refractivity contribution in [3.8, 4) is 44.9 Å². The topological polar surface area (TPSA) is 9.23 Å². The molecule has 1 heteroatoms. The Kier molecular flexibility index (Phi) is 6.25. The number of para-hydroxylation sites is 1. The molecule has 0 radical (unpaired) electrons. The number of hydrogen-bond donors (Lipinski definition) is 0. The van der Waals surface area contributed by atoms with Gasteiger partial charge < -0.3 is 4.74 Å². The second-order valence-electron chi connectivity index (χ2n) is 15.1. The molecule has 0 saturated heterocycles. The molecule has 1 atom stereocenters. The van der Waals surface area contributed by atoms with Gasteiger partial charge in [-0.25, -0.2) is 0 Å². The van der Waals surface area contributed by atoms with Crippen LogP contribution in [0.2, 0.25) is 0 Å². The van der Waals surface area contributed by atoms with Crippen molar-refractivity contribution >= 4 is 10.8 Å². The Hall–Kier alpha value is -6.96. The lowest BCUT2D eigenvalue weighted by molar-refractivity contribution is 0.436. The van der Waals surface area contributed by atoms with Gasteiger partial charge in [0.05, 0.1) is 10.8 Å². The molecule has 1 nitrogen and oxygen atoms in total. The molecule has 55 heavy (non-hydrogen) atoms. The molecule has 2 aliphatic carbocycles. The van der Waals surface area contributed by atoms with Crippen LogP contribution in [-0.2, 0) is 10.8 Å². The summed E-state index contributed by atoms with van der Waals surface area (Å²) in [4.78, 5) is 0. The minimum atomic E-state index is -0.558. The van der Waals surface area contributed by atoms with Crippen LogP contribution in [0.1, 0.15) is 44.5 Å². The van der Waals surface area contributed by atoms with Crippen LogP contribution in [0.15, 0.2) is 206 Å². The number of rotatable bonds is 3. The van der Waals surface area contributed by atoms with Gasteiger partial charge >= 0.3 is 0 Å². The molecular formula is C54H34O. The average molecular weight is 699 g/mol. The summed E-state index contributed by atoms with van der Waals surface area (Å²) in [6.45, 7) is 0. The van der Waals surface area contributed by atoms with Crippen LogP contribution in [0.3, 0.4) is 0 Å². The molecule has 1 spiro atoms. The highest BCUT2D eigenvalue weighted by molar-refractivity contribution is 6.04. The first-order valence-corrected chi connectivity index (χ1v) is 19.2. The van der Waals surface area contributed by atoms with Crippen molar-refractivity contribution in [3.05, 3.63) is 251 Å². The van der Waals surface area contributed by atoms with Gasteiger partial charge in [0.25, 0.3) is 0 Å². The van der Waals surface area contributed by atoms with E-state index in [-0.39, 0.29) is 0 Å². The minimum Gasteiger partial charge on any atom is -0.457 e. The maximum atomic E-state index is 6.84. The first-order valence-electron chi connectivity index (χ1n) is 19.2. The van der Waals surface area contributed by atoms with Crippen molar-refractivity contribution in [3.63, 3.8) is 0 Å². The summed E-state index contributed by atoms with van der Waals surface area (Å²) in [5.41, 5.74) is 16.5. The van der Waals surface area contributed by atoms with Crippen LogP contribution < -0.4 is 4.74 Å². The zero-order valence-corrected chi connectivity index (χ0v) is 30.0. The van der Waals surface area contributed by atoms with Gasteiger partial charge in [0.2, 0.25) is 0 Å². The molecule has 256 valence electrons. The predicted octanol–water partition coefficient (Wildman–Crippen LogP) is 13.3. The van der Waals surface area contributed by atoms with E-state index in [4.69, 9.17) is 4.74 Å². The Balaban J connectivity index is 1.18. The predicted molar refractivity (Wildman–Crippen MR) is 224 cm³/mol. The van der Waals surface area contributed by atoms with E-state index in [1.807, 2.05) is 0 Å². The van der Waals surface area contributed by atoms with Crippen molar-refractivity contribution in [2.45, 2.75) is 10.8 Å². The monoisotopic (exact) mass is 698 g/mol. The summed E-state index contributed by atoms with van der Waals surface area (Å²) in [7, 11) is 0. The third-order valence-electron chi connectivity index (χ3n) is 12.6. The molecule has 0 saturated carbocycles. The smallest absolute Gasteiger partial charge is 0.132 e. The molecule has 1 unspecified atom stereocenters. The Morgan fingerprint density at radius 2 is 0.836 bits per heavy atom. The van der Waals surface area contributed by atoms with E-state index in [0.29, 0.717) is 0 Å². The van der Waals surface area contributed by atoms with E-state index in [1.54, 1.807) is 0 Å². The van der Waals surface area contributed by atoms with Gasteiger partial charge in [-0.3, -0.25) is 0 Å². The highest BCUT2D eigenvalue weighted by Gasteiger charge is 2.52. The zero-order chi connectivity index (χ0) is 36.1. The molecule has 3 aliphatic rings. The second kappa shape index (κ2) is 11.3. The van der Waals surface area contributed by atoms with E-state index in [2.05, 4.69) is 206 Å². The number of ether oxygens (including phenoxy) is 1. The van der Waals surface area contributed by atoms with E-state index >= 15 is 0 Å². The first-order chi connectivity index (χ1) is 27.3. The Morgan fingerprint density at radius 3 is 1.56 bits per heavy atom. The van der Waals surface area contributed by atoms with Gasteiger partial charge in [0, 0.05) is 11.1 Å². The molecule has 12 rings (SSSR count). The summed E-state index contributed by atoms with van der Waals surface area (Å²) in [5, 5.41) is 2.54. The third kappa shape index (κ3) is 3.87. The summed E-state index contributed by atoms with van der Waals surface area (Å²) >= 11 is 0. The fraction of sp³-hybridized carbons (Fsp3) is 0.0370. The number of fused-ring (bicyclic) bond motifs is 14. The molecule has 1 heterocycles. The molecule has 1 aliphatic heterocycles. The largest absolute Gasteiger partial charge is 0.457 e. The van der Waals surface area contributed by atoms with Crippen molar-refractivity contribution in [1.29, 1.82) is 0 Å². The normalized spacial score (nSPS) is 16.4. The Morgan fingerprint density at radius 1 is 0.309 bits per heavy atom. The van der Waals surface area contributed by atoms with Gasteiger partial charge in [0.15, 0.2) is 0 Å². The SMILES string of the molecule is c1ccc(C2(c3ccccc3-c3ccc4c(c3)C3(c5ccccc5O4)c4ccccc4-c4ccccc43)c3ccccc3-c3c2ccc2ccccc32)cc1. The molecule has 0 bridgehead atoms. The summed E-state index contributed by atoms with van der Waals surface area (Å²) in [6.07, 6.45) is 0. The highest BCUT2D eigenvalue weighted by Crippen LogP contribution is 2.63. The molecule has 0 amide bonds. The van der Waals surface area contributed by atoms with Crippen molar-refractivity contribution in [1.82, 2.24) is 0 Å². The average Bonchev–Trinajstić information content (AvgIpc) is 3.73. The third-order valence-corrected chi connectivity index (χ3v) is 12.6. The molecule has 0 aromatic heterocycles. The zero-order valence-electron chi connectivity index (χ0n) is 30.0. The quantitative estimate of drug-likeness (QED) is 0.178. The van der Waals surface area contributed by atoms with Gasteiger partial charge in [-0.15, -0.1) is 0 Å². The van der Waals surface area contributed by atoms with Gasteiger partial charge in [0.1, 0.15) is 11.5 Å². The van der Waals surface area contributed by atoms with Crippen LogP contribution in [0, 0.1) is 0 Å². The van der Waals surface area contributed by atoms with Gasteiger partial charge in [-0.2, -0.15) is 0 Å². The lowest BCUT2D eigenvalue weighted by Gasteiger charge is -2.40. The lowest BCUT2D eigenvalue weighted by Crippen LogP contribution is -2.32. The van der Waals surface area contributed by atoms with Crippen molar-refractivity contribution in [2.75, 3.05) is 0 Å². The standard InChI is InChI=1S/C54H34O/c1-2-17-37(18-3-1)53(46-27-13-9-23-42(46)52-39-20-5-4-16-35(39)30-32-48(52)53)43-24-10-6-19-38(43)36-31-33-51-49(34-36)54(47-28-14-15-29-50(47)55-51)44-25-11-7-21-40(44)41-22-8-12-26-45(41)54/h1-34H. The number of benzene rings is 9. The summed E-state index contributed by atoms with van der Waals surface area (Å²) in [6, 6.07) is 76.3. The molecule has 0 N–H and O–H groups in total. The van der Waals surface area contributed by atoms with Crippen molar-refractivity contribution < 1.29 is 4.74 Å². The van der Waals surface area contributed by atoms with E-state index < -0.39 is 10.8 Å². The van der Waals surface area contributed by atoms with Crippen LogP contribution in [0.5, 0.6) is 11.5 Å². The highest BCUT2D eigenvalue weighted by atomic mass is 16.5. The molecule has 9 aromatic rings. The van der Waals surface area contributed by atoms with Crippen molar-refractivity contribution in [2.24, 2.45) is 0 Å². The van der Waals surface area contributed by atoms with E-state index in [0.717, 1.165) is 11.5 Å². The van der Waals surface area contributed by atoms with Crippen LogP contribution in [0.4, 0.5) is 0 Å². The van der Waals surface area contributed by atoms with Gasteiger partial charge in [-0.1, -0.05) is 188 Å².